The molecule has 1 saturated heterocycles. The highest BCUT2D eigenvalue weighted by molar-refractivity contribution is 7.89. The van der Waals surface area contributed by atoms with Gasteiger partial charge in [0.2, 0.25) is 10.0 Å². The average molecular weight is 530 g/mol. The number of rotatable bonds is 7. The standard InChI is InChI=1S/C25H24ClN3O4S2/c26-22-4-2-1-3-19(22)17-29-23-10-9-21(15-24(23)34-25(29)30)35(31,32)27-16-18-5-7-20(8-6-18)28-11-13-33-14-12-28/h1-10,15,27H,11-14,16-17H2. The van der Waals surface area contributed by atoms with Gasteiger partial charge in [0.25, 0.3) is 0 Å². The number of halogens is 1. The molecule has 0 unspecified atom stereocenters. The molecule has 1 fully saturated rings. The maximum Gasteiger partial charge on any atom is 0.308 e. The summed E-state index contributed by atoms with van der Waals surface area (Å²) in [6, 6.07) is 20.0. The lowest BCUT2D eigenvalue weighted by molar-refractivity contribution is 0.122. The number of nitrogens with zero attached hydrogens (tertiary/aromatic N) is 2. The summed E-state index contributed by atoms with van der Waals surface area (Å²) < 4.78 is 36.2. The molecule has 0 atom stereocenters. The summed E-state index contributed by atoms with van der Waals surface area (Å²) in [5.74, 6) is 0. The van der Waals surface area contributed by atoms with Crippen molar-refractivity contribution in [2.75, 3.05) is 31.2 Å². The van der Waals surface area contributed by atoms with Crippen LogP contribution in [-0.4, -0.2) is 39.3 Å². The molecule has 7 nitrogen and oxygen atoms in total. The zero-order chi connectivity index (χ0) is 24.4. The summed E-state index contributed by atoms with van der Waals surface area (Å²) in [6.45, 7) is 3.62. The Morgan fingerprint density at radius 2 is 1.74 bits per heavy atom. The van der Waals surface area contributed by atoms with E-state index in [-0.39, 0.29) is 16.3 Å². The summed E-state index contributed by atoms with van der Waals surface area (Å²) in [6.07, 6.45) is 0. The van der Waals surface area contributed by atoms with Gasteiger partial charge in [0.15, 0.2) is 0 Å². The smallest absolute Gasteiger partial charge is 0.308 e. The number of morpholine rings is 1. The number of hydrogen-bond donors (Lipinski definition) is 1. The first kappa shape index (κ1) is 24.0. The average Bonchev–Trinajstić information content (AvgIpc) is 3.19. The molecule has 0 saturated carbocycles. The van der Waals surface area contributed by atoms with Crippen LogP contribution in [0.3, 0.4) is 0 Å². The van der Waals surface area contributed by atoms with Gasteiger partial charge in [0.05, 0.1) is 34.9 Å². The summed E-state index contributed by atoms with van der Waals surface area (Å²) in [5, 5.41) is 0.583. The molecule has 0 aliphatic carbocycles. The minimum Gasteiger partial charge on any atom is -0.378 e. The fourth-order valence-electron chi connectivity index (χ4n) is 4.07. The lowest BCUT2D eigenvalue weighted by Crippen LogP contribution is -2.36. The van der Waals surface area contributed by atoms with Crippen LogP contribution in [0.1, 0.15) is 11.1 Å². The predicted octanol–water partition coefficient (Wildman–Crippen LogP) is 4.08. The van der Waals surface area contributed by atoms with E-state index >= 15 is 0 Å². The van der Waals surface area contributed by atoms with Gasteiger partial charge in [-0.2, -0.15) is 0 Å². The molecule has 0 amide bonds. The van der Waals surface area contributed by atoms with Crippen LogP contribution in [-0.2, 0) is 27.8 Å². The first-order valence-corrected chi connectivity index (χ1v) is 13.9. The van der Waals surface area contributed by atoms with Gasteiger partial charge in [-0.15, -0.1) is 0 Å². The lowest BCUT2D eigenvalue weighted by atomic mass is 10.2. The second-order valence-corrected chi connectivity index (χ2v) is 11.4. The van der Waals surface area contributed by atoms with Crippen LogP contribution in [0.15, 0.2) is 76.4 Å². The fourth-order valence-corrected chi connectivity index (χ4v) is 6.31. The van der Waals surface area contributed by atoms with Crippen LogP contribution in [0, 0.1) is 0 Å². The van der Waals surface area contributed by atoms with Crippen molar-refractivity contribution in [3.63, 3.8) is 0 Å². The van der Waals surface area contributed by atoms with Gasteiger partial charge in [0.1, 0.15) is 0 Å². The van der Waals surface area contributed by atoms with Gasteiger partial charge in [-0.3, -0.25) is 9.36 Å². The van der Waals surface area contributed by atoms with Crippen molar-refractivity contribution in [2.24, 2.45) is 0 Å². The normalized spacial score (nSPS) is 14.5. The molecule has 5 rings (SSSR count). The number of benzene rings is 3. The lowest BCUT2D eigenvalue weighted by Gasteiger charge is -2.28. The molecule has 1 aliphatic rings. The van der Waals surface area contributed by atoms with E-state index in [0.29, 0.717) is 35.0 Å². The Hall–Kier alpha value is -2.69. The van der Waals surface area contributed by atoms with Crippen molar-refractivity contribution in [1.82, 2.24) is 9.29 Å². The zero-order valence-electron chi connectivity index (χ0n) is 18.8. The topological polar surface area (TPSA) is 80.6 Å². The highest BCUT2D eigenvalue weighted by atomic mass is 35.5. The summed E-state index contributed by atoms with van der Waals surface area (Å²) in [4.78, 5) is 14.8. The third-order valence-electron chi connectivity index (χ3n) is 6.02. The fraction of sp³-hybridized carbons (Fsp3) is 0.240. The molecule has 35 heavy (non-hydrogen) atoms. The molecule has 0 spiro atoms. The van der Waals surface area contributed by atoms with Crippen molar-refractivity contribution >= 4 is 48.9 Å². The van der Waals surface area contributed by atoms with Crippen molar-refractivity contribution in [3.8, 4) is 0 Å². The van der Waals surface area contributed by atoms with Crippen LogP contribution in [0.25, 0.3) is 10.2 Å². The van der Waals surface area contributed by atoms with Crippen molar-refractivity contribution in [2.45, 2.75) is 18.0 Å². The third-order valence-corrected chi connectivity index (χ3v) is 8.72. The Kier molecular flexibility index (Phi) is 6.95. The maximum absolute atomic E-state index is 13.0. The van der Waals surface area contributed by atoms with Crippen LogP contribution in [0.4, 0.5) is 5.69 Å². The van der Waals surface area contributed by atoms with E-state index in [1.165, 1.54) is 6.07 Å². The van der Waals surface area contributed by atoms with E-state index in [1.807, 2.05) is 42.5 Å². The zero-order valence-corrected chi connectivity index (χ0v) is 21.2. The monoisotopic (exact) mass is 529 g/mol. The number of ether oxygens (including phenoxy) is 1. The first-order valence-electron chi connectivity index (χ1n) is 11.2. The Balaban J connectivity index is 1.31. The molecule has 1 N–H and O–H groups in total. The molecule has 3 aromatic carbocycles. The Labute approximate surface area is 212 Å². The third kappa shape index (κ3) is 5.29. The number of hydrogen-bond acceptors (Lipinski definition) is 6. The van der Waals surface area contributed by atoms with Gasteiger partial charge >= 0.3 is 4.87 Å². The molecule has 1 aromatic heterocycles. The first-order chi connectivity index (χ1) is 16.9. The van der Waals surface area contributed by atoms with Crippen LogP contribution in [0.5, 0.6) is 0 Å². The molecule has 4 aromatic rings. The van der Waals surface area contributed by atoms with Gasteiger partial charge in [-0.1, -0.05) is 53.3 Å². The summed E-state index contributed by atoms with van der Waals surface area (Å²) in [5.41, 5.74) is 3.47. The minimum absolute atomic E-state index is 0.126. The highest BCUT2D eigenvalue weighted by Gasteiger charge is 2.18. The van der Waals surface area contributed by atoms with E-state index in [2.05, 4.69) is 9.62 Å². The van der Waals surface area contributed by atoms with E-state index in [9.17, 15) is 13.2 Å². The molecule has 1 aliphatic heterocycles. The van der Waals surface area contributed by atoms with Gasteiger partial charge in [-0.25, -0.2) is 13.1 Å². The minimum atomic E-state index is -3.75. The van der Waals surface area contributed by atoms with Crippen LogP contribution in [0.2, 0.25) is 5.02 Å². The molecular weight excluding hydrogens is 506 g/mol. The van der Waals surface area contributed by atoms with Gasteiger partial charge in [0, 0.05) is 30.3 Å². The van der Waals surface area contributed by atoms with E-state index in [1.54, 1.807) is 22.8 Å². The summed E-state index contributed by atoms with van der Waals surface area (Å²) in [7, 11) is -3.75. The number of thiazole rings is 1. The summed E-state index contributed by atoms with van der Waals surface area (Å²) >= 11 is 7.28. The second kappa shape index (κ2) is 10.1. The van der Waals surface area contributed by atoms with Crippen molar-refractivity contribution < 1.29 is 13.2 Å². The van der Waals surface area contributed by atoms with E-state index in [4.69, 9.17) is 16.3 Å². The van der Waals surface area contributed by atoms with Crippen LogP contribution < -0.4 is 14.5 Å². The second-order valence-electron chi connectivity index (χ2n) is 8.27. The number of fused-ring (bicyclic) bond motifs is 1. The van der Waals surface area contributed by atoms with Crippen molar-refractivity contribution in [1.29, 1.82) is 0 Å². The molecule has 182 valence electrons. The van der Waals surface area contributed by atoms with Gasteiger partial charge < -0.3 is 9.64 Å². The quantitative estimate of drug-likeness (QED) is 0.390. The van der Waals surface area contributed by atoms with Crippen molar-refractivity contribution in [3.05, 3.63) is 92.5 Å². The number of anilines is 1. The number of aromatic nitrogens is 1. The number of nitrogens with one attached hydrogen (secondary N) is 1. The highest BCUT2D eigenvalue weighted by Crippen LogP contribution is 2.24. The molecule has 10 heteroatoms. The Morgan fingerprint density at radius 1 is 1.00 bits per heavy atom. The molecule has 2 heterocycles. The largest absolute Gasteiger partial charge is 0.378 e. The predicted molar refractivity (Wildman–Crippen MR) is 140 cm³/mol. The van der Waals surface area contributed by atoms with Crippen LogP contribution >= 0.6 is 22.9 Å². The maximum atomic E-state index is 13.0. The number of sulfonamides is 1. The Morgan fingerprint density at radius 3 is 2.49 bits per heavy atom. The SMILES string of the molecule is O=c1sc2cc(S(=O)(=O)NCc3ccc(N4CCOCC4)cc3)ccc2n1Cc1ccccc1Cl. The Bertz CT molecular complexity index is 1510. The van der Waals surface area contributed by atoms with E-state index < -0.39 is 10.0 Å². The molecule has 0 bridgehead atoms. The molecule has 0 radical (unpaired) electrons. The van der Waals surface area contributed by atoms with Gasteiger partial charge in [-0.05, 0) is 47.5 Å². The van der Waals surface area contributed by atoms with E-state index in [0.717, 1.165) is 41.2 Å². The molecular formula is C25H24ClN3O4S2.